The number of hydrogen-bond acceptors (Lipinski definition) is 2. The van der Waals surface area contributed by atoms with E-state index in [1.165, 1.54) is 32.4 Å². The summed E-state index contributed by atoms with van der Waals surface area (Å²) >= 11 is 0. The summed E-state index contributed by atoms with van der Waals surface area (Å²) in [4.78, 5) is 2.61. The summed E-state index contributed by atoms with van der Waals surface area (Å²) in [7, 11) is 0. The third-order valence-electron chi connectivity index (χ3n) is 4.05. The fourth-order valence-corrected chi connectivity index (χ4v) is 2.32. The Bertz CT molecular complexity index is 170. The highest BCUT2D eigenvalue weighted by atomic mass is 15.2. The Morgan fingerprint density at radius 2 is 2.13 bits per heavy atom. The average molecular weight is 212 g/mol. The largest absolute Gasteiger partial charge is 0.313 e. The van der Waals surface area contributed by atoms with Crippen LogP contribution in [0.1, 0.15) is 47.0 Å². The van der Waals surface area contributed by atoms with Crippen LogP contribution in [-0.4, -0.2) is 36.6 Å². The summed E-state index contributed by atoms with van der Waals surface area (Å²) in [5.41, 5.74) is 0. The molecular weight excluding hydrogens is 184 g/mol. The summed E-state index contributed by atoms with van der Waals surface area (Å²) in [6.07, 6.45) is 4.05. The molecule has 2 nitrogen and oxygen atoms in total. The van der Waals surface area contributed by atoms with Gasteiger partial charge in [0, 0.05) is 25.2 Å². The molecule has 3 atom stereocenters. The highest BCUT2D eigenvalue weighted by Crippen LogP contribution is 2.15. The van der Waals surface area contributed by atoms with E-state index in [1.807, 2.05) is 0 Å². The second-order valence-electron chi connectivity index (χ2n) is 5.16. The lowest BCUT2D eigenvalue weighted by Gasteiger charge is -2.24. The second kappa shape index (κ2) is 6.49. The van der Waals surface area contributed by atoms with Crippen LogP contribution in [0.2, 0.25) is 0 Å². The van der Waals surface area contributed by atoms with Gasteiger partial charge in [-0.2, -0.15) is 0 Å². The molecule has 1 rings (SSSR count). The first-order valence-corrected chi connectivity index (χ1v) is 6.62. The highest BCUT2D eigenvalue weighted by Gasteiger charge is 2.19. The van der Waals surface area contributed by atoms with Crippen molar-refractivity contribution < 1.29 is 0 Å². The molecule has 0 amide bonds. The van der Waals surface area contributed by atoms with Crippen LogP contribution in [0.15, 0.2) is 0 Å². The van der Waals surface area contributed by atoms with E-state index in [4.69, 9.17) is 0 Å². The van der Waals surface area contributed by atoms with Crippen LogP contribution in [0.5, 0.6) is 0 Å². The van der Waals surface area contributed by atoms with Crippen molar-refractivity contribution >= 4 is 0 Å². The summed E-state index contributed by atoms with van der Waals surface area (Å²) in [5.74, 6) is 0.793. The first-order valence-electron chi connectivity index (χ1n) is 6.62. The predicted molar refractivity (Wildman–Crippen MR) is 67.2 cm³/mol. The summed E-state index contributed by atoms with van der Waals surface area (Å²) in [6.45, 7) is 12.9. The number of likely N-dealkylation sites (tertiary alicyclic amines) is 1. The minimum atomic E-state index is 0.660. The van der Waals surface area contributed by atoms with Crippen molar-refractivity contribution in [3.8, 4) is 0 Å². The second-order valence-corrected chi connectivity index (χ2v) is 5.16. The van der Waals surface area contributed by atoms with Gasteiger partial charge >= 0.3 is 0 Å². The molecule has 2 heteroatoms. The van der Waals surface area contributed by atoms with Crippen LogP contribution in [-0.2, 0) is 0 Å². The van der Waals surface area contributed by atoms with E-state index in [-0.39, 0.29) is 0 Å². The normalized spacial score (nSPS) is 26.8. The van der Waals surface area contributed by atoms with E-state index in [0.717, 1.165) is 18.5 Å². The van der Waals surface area contributed by atoms with Gasteiger partial charge in [0.15, 0.2) is 0 Å². The Labute approximate surface area is 95.4 Å². The van der Waals surface area contributed by atoms with Crippen LogP contribution < -0.4 is 5.32 Å². The van der Waals surface area contributed by atoms with Crippen LogP contribution in [0.25, 0.3) is 0 Å². The van der Waals surface area contributed by atoms with Gasteiger partial charge in [-0.05, 0) is 39.2 Å². The van der Waals surface area contributed by atoms with Crippen molar-refractivity contribution in [2.24, 2.45) is 5.92 Å². The molecule has 1 N–H and O–H groups in total. The van der Waals surface area contributed by atoms with E-state index in [9.17, 15) is 0 Å². The summed E-state index contributed by atoms with van der Waals surface area (Å²) in [5, 5.41) is 3.64. The lowest BCUT2D eigenvalue weighted by atomic mass is 10.0. The molecule has 0 saturated carbocycles. The maximum Gasteiger partial charge on any atom is 0.0110 e. The molecule has 90 valence electrons. The van der Waals surface area contributed by atoms with Crippen LogP contribution in [0.3, 0.4) is 0 Å². The first-order chi connectivity index (χ1) is 7.15. The van der Waals surface area contributed by atoms with E-state index in [0.29, 0.717) is 6.04 Å². The van der Waals surface area contributed by atoms with Gasteiger partial charge in [0.25, 0.3) is 0 Å². The third-order valence-corrected chi connectivity index (χ3v) is 4.05. The zero-order valence-electron chi connectivity index (χ0n) is 10.9. The molecule has 1 fully saturated rings. The molecule has 1 saturated heterocycles. The van der Waals surface area contributed by atoms with Crippen LogP contribution in [0.4, 0.5) is 0 Å². The van der Waals surface area contributed by atoms with E-state index < -0.39 is 0 Å². The number of rotatable bonds is 6. The molecule has 0 aromatic carbocycles. The summed E-state index contributed by atoms with van der Waals surface area (Å²) in [6, 6.07) is 1.47. The molecule has 15 heavy (non-hydrogen) atoms. The Kier molecular flexibility index (Phi) is 5.62. The average Bonchev–Trinajstić information content (AvgIpc) is 2.63. The molecule has 1 aliphatic rings. The van der Waals surface area contributed by atoms with Crippen molar-refractivity contribution in [3.63, 3.8) is 0 Å². The number of hydrogen-bond donors (Lipinski definition) is 1. The summed E-state index contributed by atoms with van der Waals surface area (Å²) < 4.78 is 0. The maximum absolute atomic E-state index is 3.64. The molecule has 1 aliphatic heterocycles. The van der Waals surface area contributed by atoms with Crippen LogP contribution in [0, 0.1) is 5.92 Å². The van der Waals surface area contributed by atoms with Crippen molar-refractivity contribution in [1.29, 1.82) is 0 Å². The third kappa shape index (κ3) is 4.12. The monoisotopic (exact) mass is 212 g/mol. The Hall–Kier alpha value is -0.0800. The Balaban J connectivity index is 2.10. The number of nitrogens with one attached hydrogen (secondary N) is 1. The molecule has 0 aliphatic carbocycles. The standard InChI is InChI=1S/C13H28N2/c1-5-11(2)13(4)14-8-10-15-9-6-7-12(15)3/h11-14H,5-10H2,1-4H3. The Morgan fingerprint density at radius 1 is 1.40 bits per heavy atom. The van der Waals surface area contributed by atoms with Crippen molar-refractivity contribution in [2.75, 3.05) is 19.6 Å². The molecule has 0 aromatic heterocycles. The van der Waals surface area contributed by atoms with Gasteiger partial charge in [-0.25, -0.2) is 0 Å². The molecule has 0 bridgehead atoms. The van der Waals surface area contributed by atoms with Gasteiger partial charge < -0.3 is 5.32 Å². The zero-order valence-corrected chi connectivity index (χ0v) is 10.9. The van der Waals surface area contributed by atoms with E-state index in [1.54, 1.807) is 0 Å². The van der Waals surface area contributed by atoms with E-state index >= 15 is 0 Å². The number of nitrogens with zero attached hydrogens (tertiary/aromatic N) is 1. The molecule has 0 radical (unpaired) electrons. The fraction of sp³-hybridized carbons (Fsp3) is 1.00. The highest BCUT2D eigenvalue weighted by molar-refractivity contribution is 4.76. The van der Waals surface area contributed by atoms with E-state index in [2.05, 4.69) is 37.9 Å². The topological polar surface area (TPSA) is 15.3 Å². The lowest BCUT2D eigenvalue weighted by Crippen LogP contribution is -2.39. The molecule has 0 spiro atoms. The lowest BCUT2D eigenvalue weighted by molar-refractivity contribution is 0.258. The predicted octanol–water partition coefficient (Wildman–Crippen LogP) is 2.49. The maximum atomic E-state index is 3.64. The molecular formula is C13H28N2. The molecule has 0 aromatic rings. The van der Waals surface area contributed by atoms with Gasteiger partial charge in [-0.1, -0.05) is 20.3 Å². The van der Waals surface area contributed by atoms with Crippen molar-refractivity contribution in [1.82, 2.24) is 10.2 Å². The molecule has 1 heterocycles. The van der Waals surface area contributed by atoms with Gasteiger partial charge in [0.05, 0.1) is 0 Å². The van der Waals surface area contributed by atoms with Gasteiger partial charge in [0.1, 0.15) is 0 Å². The smallest absolute Gasteiger partial charge is 0.0110 e. The first kappa shape index (κ1) is 13.0. The minimum absolute atomic E-state index is 0.660. The zero-order chi connectivity index (χ0) is 11.3. The van der Waals surface area contributed by atoms with Crippen LogP contribution >= 0.6 is 0 Å². The SMILES string of the molecule is CCC(C)C(C)NCCN1CCCC1C. The van der Waals surface area contributed by atoms with Gasteiger partial charge in [0.2, 0.25) is 0 Å². The van der Waals surface area contributed by atoms with Crippen molar-refractivity contribution in [2.45, 2.75) is 59.0 Å². The van der Waals surface area contributed by atoms with Crippen molar-refractivity contribution in [3.05, 3.63) is 0 Å². The van der Waals surface area contributed by atoms with Gasteiger partial charge in [-0.3, -0.25) is 4.90 Å². The van der Waals surface area contributed by atoms with Gasteiger partial charge in [-0.15, -0.1) is 0 Å². The Morgan fingerprint density at radius 3 is 2.67 bits per heavy atom. The minimum Gasteiger partial charge on any atom is -0.313 e. The fourth-order valence-electron chi connectivity index (χ4n) is 2.32. The molecule has 3 unspecified atom stereocenters. The quantitative estimate of drug-likeness (QED) is 0.728.